The summed E-state index contributed by atoms with van der Waals surface area (Å²) in [6.07, 6.45) is 4.90. The Balaban J connectivity index is 0.000000202. The van der Waals surface area contributed by atoms with Crippen molar-refractivity contribution in [1.82, 2.24) is 19.9 Å². The van der Waals surface area contributed by atoms with E-state index in [0.717, 1.165) is 16.7 Å². The molecule has 2 aliphatic rings. The molecule has 0 radical (unpaired) electrons. The first-order chi connectivity index (χ1) is 24.7. The van der Waals surface area contributed by atoms with Gasteiger partial charge in [0.25, 0.3) is 0 Å². The van der Waals surface area contributed by atoms with Crippen molar-refractivity contribution in [2.75, 3.05) is 44.6 Å². The highest BCUT2D eigenvalue weighted by molar-refractivity contribution is 6.62. The molecule has 0 aliphatic carbocycles. The van der Waals surface area contributed by atoms with Crippen LogP contribution in [0.2, 0.25) is 0 Å². The van der Waals surface area contributed by atoms with Gasteiger partial charge in [-0.1, -0.05) is 0 Å². The fourth-order valence-corrected chi connectivity index (χ4v) is 5.86. The number of rotatable bonds is 11. The highest BCUT2D eigenvalue weighted by atomic mass is 16.6. The van der Waals surface area contributed by atoms with E-state index in [1.807, 2.05) is 57.9 Å². The number of aromatic nitrogens is 4. The summed E-state index contributed by atoms with van der Waals surface area (Å²) in [7, 11) is 5.13. The smallest absolute Gasteiger partial charge is 0.481 e. The zero-order valence-electron chi connectivity index (χ0n) is 29.9. The van der Waals surface area contributed by atoms with Crippen LogP contribution in [0.4, 0.5) is 11.6 Å². The van der Waals surface area contributed by atoms with Crippen LogP contribution in [0.25, 0.3) is 0 Å². The Morgan fingerprint density at radius 3 is 1.60 bits per heavy atom. The van der Waals surface area contributed by atoms with Crippen molar-refractivity contribution in [3.63, 3.8) is 0 Å². The van der Waals surface area contributed by atoms with E-state index in [4.69, 9.17) is 28.6 Å². The lowest BCUT2D eigenvalue weighted by Crippen LogP contribution is -2.28. The molecule has 18 heteroatoms. The van der Waals surface area contributed by atoms with Crippen LogP contribution in [0, 0.1) is 13.8 Å². The van der Waals surface area contributed by atoms with Gasteiger partial charge in [0.05, 0.1) is 56.4 Å². The van der Waals surface area contributed by atoms with Gasteiger partial charge in [-0.25, -0.2) is 0 Å². The maximum atomic E-state index is 11.8. The van der Waals surface area contributed by atoms with Gasteiger partial charge < -0.3 is 48.5 Å². The number of carbonyl (C=O) groups excluding carboxylic acids is 1. The molecule has 0 fully saturated rings. The largest absolute Gasteiger partial charge is 0.492 e. The van der Waals surface area contributed by atoms with Gasteiger partial charge in [-0.2, -0.15) is 9.97 Å². The SMILES string of the molecule is CCOC(=O)CC1OB(O)c2cc(Oc3cncc(N(C)C)n3)cc(C)c21.Cc1cc(Oc2cncc(N(C)C)n2)cc2c1C(CC(=O)O)OB2O. The minimum atomic E-state index is -1.18. The van der Waals surface area contributed by atoms with Crippen LogP contribution in [-0.4, -0.2) is 96.1 Å². The third kappa shape index (κ3) is 8.95. The van der Waals surface area contributed by atoms with Gasteiger partial charge >= 0.3 is 26.2 Å². The number of carbonyl (C=O) groups is 2. The fourth-order valence-electron chi connectivity index (χ4n) is 5.86. The average molecular weight is 714 g/mol. The first-order valence-corrected chi connectivity index (χ1v) is 16.4. The van der Waals surface area contributed by atoms with Crippen LogP contribution >= 0.6 is 0 Å². The summed E-state index contributed by atoms with van der Waals surface area (Å²) in [6.45, 7) is 5.76. The summed E-state index contributed by atoms with van der Waals surface area (Å²) in [5.41, 5.74) is 4.21. The van der Waals surface area contributed by atoms with E-state index < -0.39 is 32.4 Å². The number of ether oxygens (including phenoxy) is 3. The molecule has 0 saturated carbocycles. The first-order valence-electron chi connectivity index (χ1n) is 16.4. The van der Waals surface area contributed by atoms with Crippen molar-refractivity contribution < 1.29 is 48.3 Å². The molecule has 272 valence electrons. The van der Waals surface area contributed by atoms with E-state index in [-0.39, 0.29) is 18.8 Å². The maximum absolute atomic E-state index is 11.8. The summed E-state index contributed by atoms with van der Waals surface area (Å²) >= 11 is 0. The van der Waals surface area contributed by atoms with Gasteiger partial charge in [0.2, 0.25) is 11.8 Å². The van der Waals surface area contributed by atoms with Crippen molar-refractivity contribution in [3.8, 4) is 23.3 Å². The number of carboxylic acid groups (broad SMARTS) is 1. The minimum Gasteiger partial charge on any atom is -0.481 e. The summed E-state index contributed by atoms with van der Waals surface area (Å²) in [4.78, 5) is 43.3. The molecule has 16 nitrogen and oxygen atoms in total. The van der Waals surface area contributed by atoms with Gasteiger partial charge in [0, 0.05) is 28.2 Å². The Labute approximate surface area is 301 Å². The molecular formula is C34H40B2N6O10. The Kier molecular flexibility index (Phi) is 11.9. The zero-order valence-corrected chi connectivity index (χ0v) is 29.9. The zero-order chi connectivity index (χ0) is 37.7. The number of hydrogen-bond acceptors (Lipinski definition) is 15. The first kappa shape index (κ1) is 38.0. The Morgan fingerprint density at radius 2 is 1.19 bits per heavy atom. The second kappa shape index (κ2) is 16.4. The lowest BCUT2D eigenvalue weighted by molar-refractivity contribution is -0.145. The summed E-state index contributed by atoms with van der Waals surface area (Å²) in [6, 6.07) is 6.92. The van der Waals surface area contributed by atoms with E-state index >= 15 is 0 Å². The van der Waals surface area contributed by atoms with Crippen LogP contribution in [0.1, 0.15) is 54.2 Å². The number of fused-ring (bicyclic) bond motifs is 2. The molecule has 0 saturated heterocycles. The summed E-state index contributed by atoms with van der Waals surface area (Å²) < 4.78 is 27.5. The van der Waals surface area contributed by atoms with Crippen molar-refractivity contribution in [2.45, 2.75) is 45.8 Å². The molecule has 2 aromatic carbocycles. The van der Waals surface area contributed by atoms with Crippen molar-refractivity contribution in [3.05, 3.63) is 71.3 Å². The van der Waals surface area contributed by atoms with E-state index in [1.54, 1.807) is 37.5 Å². The topological polar surface area (TPSA) is 199 Å². The van der Waals surface area contributed by atoms with Crippen molar-refractivity contribution >= 4 is 48.7 Å². The third-order valence-corrected chi connectivity index (χ3v) is 8.13. The number of esters is 1. The molecule has 2 aliphatic heterocycles. The van der Waals surface area contributed by atoms with E-state index in [9.17, 15) is 19.6 Å². The van der Waals surface area contributed by atoms with Crippen LogP contribution in [-0.2, 0) is 23.6 Å². The summed E-state index contributed by atoms with van der Waals surface area (Å²) in [5.74, 6) is 1.62. The predicted molar refractivity (Wildman–Crippen MR) is 192 cm³/mol. The molecule has 2 aromatic heterocycles. The van der Waals surface area contributed by atoms with Crippen LogP contribution < -0.4 is 30.2 Å². The molecule has 4 aromatic rings. The predicted octanol–water partition coefficient (Wildman–Crippen LogP) is 2.23. The Hall–Kier alpha value is -5.29. The van der Waals surface area contributed by atoms with Gasteiger partial charge in [-0.05, 0) is 78.2 Å². The number of hydrogen-bond donors (Lipinski definition) is 3. The molecule has 2 atom stereocenters. The Bertz CT molecular complexity index is 1930. The number of anilines is 2. The molecule has 0 amide bonds. The fraction of sp³-hybridized carbons (Fsp3) is 0.353. The lowest BCUT2D eigenvalue weighted by atomic mass is 9.77. The lowest BCUT2D eigenvalue weighted by Gasteiger charge is -2.15. The van der Waals surface area contributed by atoms with E-state index in [1.165, 1.54) is 12.4 Å². The van der Waals surface area contributed by atoms with Gasteiger partial charge in [-0.3, -0.25) is 19.6 Å². The second-order valence-corrected chi connectivity index (χ2v) is 12.5. The average Bonchev–Trinajstić information content (AvgIpc) is 3.56. The standard InChI is InChI=1S/C18H22BN3O5.C16H18BN3O5/c1-5-25-17(23)8-14-18-11(2)6-12(7-13(18)19(24)27-14)26-16-10-20-9-15(21-16)22(3)4;1-9-4-10(24-14-8-18-7-13(19-14)20(2)3)5-11-16(9)12(6-15(21)22)25-17(11)23/h6-7,9-10,14,24H,5,8H2,1-4H3;4-5,7-8,12,23H,6H2,1-3H3,(H,21,22). The van der Waals surface area contributed by atoms with Crippen molar-refractivity contribution in [2.24, 2.45) is 0 Å². The van der Waals surface area contributed by atoms with Crippen LogP contribution in [0.5, 0.6) is 23.3 Å². The highest BCUT2D eigenvalue weighted by Crippen LogP contribution is 2.34. The molecule has 3 N–H and O–H groups in total. The summed E-state index contributed by atoms with van der Waals surface area (Å²) in [5, 5.41) is 29.3. The molecule has 4 heterocycles. The Morgan fingerprint density at radius 1 is 0.750 bits per heavy atom. The van der Waals surface area contributed by atoms with Gasteiger partial charge in [0.15, 0.2) is 11.6 Å². The molecule has 6 rings (SSSR count). The van der Waals surface area contributed by atoms with Crippen molar-refractivity contribution in [1.29, 1.82) is 0 Å². The van der Waals surface area contributed by atoms with E-state index in [2.05, 4.69) is 19.9 Å². The van der Waals surface area contributed by atoms with Gasteiger partial charge in [0.1, 0.15) is 11.5 Å². The van der Waals surface area contributed by atoms with Crippen LogP contribution in [0.3, 0.4) is 0 Å². The molecule has 0 spiro atoms. The maximum Gasteiger partial charge on any atom is 0.492 e. The number of benzene rings is 2. The molecule has 2 unspecified atom stereocenters. The minimum absolute atomic E-state index is 0.0509. The monoisotopic (exact) mass is 714 g/mol. The highest BCUT2D eigenvalue weighted by Gasteiger charge is 2.39. The number of aryl methyl sites for hydroxylation is 2. The van der Waals surface area contributed by atoms with Gasteiger partial charge in [-0.15, -0.1) is 0 Å². The quantitative estimate of drug-likeness (QED) is 0.151. The van der Waals surface area contributed by atoms with E-state index in [0.29, 0.717) is 58.0 Å². The number of carboxylic acids is 1. The molecular weight excluding hydrogens is 674 g/mol. The molecule has 52 heavy (non-hydrogen) atoms. The number of nitrogens with zero attached hydrogens (tertiary/aromatic N) is 6. The third-order valence-electron chi connectivity index (χ3n) is 8.13. The number of aliphatic carboxylic acids is 1. The molecule has 0 bridgehead atoms. The normalized spacial score (nSPS) is 15.6. The van der Waals surface area contributed by atoms with Crippen LogP contribution in [0.15, 0.2) is 49.1 Å². The second-order valence-electron chi connectivity index (χ2n) is 12.5.